The van der Waals surface area contributed by atoms with E-state index in [2.05, 4.69) is 5.32 Å². The lowest BCUT2D eigenvalue weighted by molar-refractivity contribution is 0.134. The molecule has 1 aromatic carbocycles. The first-order valence-corrected chi connectivity index (χ1v) is 6.34. The molecule has 0 fully saturated rings. The topological polar surface area (TPSA) is 58.6 Å². The van der Waals surface area contributed by atoms with Gasteiger partial charge in [-0.25, -0.2) is 4.79 Å². The van der Waals surface area contributed by atoms with Crippen LogP contribution in [0.4, 0.5) is 4.79 Å². The van der Waals surface area contributed by atoms with Crippen LogP contribution in [0.2, 0.25) is 0 Å². The maximum atomic E-state index is 11.6. The molecule has 1 atom stereocenters. The molecule has 2 N–H and O–H groups in total. The van der Waals surface area contributed by atoms with Crippen LogP contribution in [-0.4, -0.2) is 23.8 Å². The zero-order valence-electron chi connectivity index (χ0n) is 10.8. The number of alkyl carbamates (subject to hydrolysis) is 1. The molecule has 0 aliphatic carbocycles. The highest BCUT2D eigenvalue weighted by Gasteiger charge is 2.10. The van der Waals surface area contributed by atoms with E-state index in [0.717, 1.165) is 18.4 Å². The van der Waals surface area contributed by atoms with Crippen LogP contribution in [0.15, 0.2) is 30.3 Å². The van der Waals surface area contributed by atoms with Gasteiger partial charge in [0.2, 0.25) is 0 Å². The number of benzene rings is 1. The first kappa shape index (κ1) is 14.5. The zero-order valence-corrected chi connectivity index (χ0v) is 10.8. The first-order chi connectivity index (χ1) is 8.76. The monoisotopic (exact) mass is 251 g/mol. The third-order valence-electron chi connectivity index (χ3n) is 2.74. The molecule has 18 heavy (non-hydrogen) atoms. The van der Waals surface area contributed by atoms with E-state index in [9.17, 15) is 4.79 Å². The Morgan fingerprint density at radius 2 is 2.11 bits per heavy atom. The summed E-state index contributed by atoms with van der Waals surface area (Å²) in [5.41, 5.74) is 0.969. The van der Waals surface area contributed by atoms with Crippen molar-refractivity contribution in [3.63, 3.8) is 0 Å². The van der Waals surface area contributed by atoms with E-state index in [1.54, 1.807) is 0 Å². The molecule has 0 bridgehead atoms. The highest BCUT2D eigenvalue weighted by Crippen LogP contribution is 2.04. The molecule has 0 aliphatic heterocycles. The molecule has 1 unspecified atom stereocenters. The lowest BCUT2D eigenvalue weighted by Crippen LogP contribution is -2.34. The van der Waals surface area contributed by atoms with Crippen molar-refractivity contribution in [2.24, 2.45) is 0 Å². The summed E-state index contributed by atoms with van der Waals surface area (Å²) in [7, 11) is 0. The summed E-state index contributed by atoms with van der Waals surface area (Å²) in [5, 5.41) is 11.6. The summed E-state index contributed by atoms with van der Waals surface area (Å²) >= 11 is 0. The maximum absolute atomic E-state index is 11.6. The second-order valence-corrected chi connectivity index (χ2v) is 4.18. The van der Waals surface area contributed by atoms with Gasteiger partial charge in [-0.15, -0.1) is 0 Å². The molecule has 4 heteroatoms. The van der Waals surface area contributed by atoms with E-state index in [-0.39, 0.29) is 19.3 Å². The summed E-state index contributed by atoms with van der Waals surface area (Å²) in [4.78, 5) is 11.6. The summed E-state index contributed by atoms with van der Waals surface area (Å²) < 4.78 is 5.13. The third kappa shape index (κ3) is 5.68. The molecule has 100 valence electrons. The molecule has 1 aromatic rings. The lowest BCUT2D eigenvalue weighted by atomic mass is 10.1. The van der Waals surface area contributed by atoms with E-state index in [0.29, 0.717) is 6.42 Å². The molecule has 4 nitrogen and oxygen atoms in total. The van der Waals surface area contributed by atoms with Crippen molar-refractivity contribution in [2.75, 3.05) is 6.61 Å². The second-order valence-electron chi connectivity index (χ2n) is 4.18. The maximum Gasteiger partial charge on any atom is 0.407 e. The van der Waals surface area contributed by atoms with Crippen LogP contribution in [0, 0.1) is 0 Å². The lowest BCUT2D eigenvalue weighted by Gasteiger charge is -2.16. The third-order valence-corrected chi connectivity index (χ3v) is 2.74. The quantitative estimate of drug-likeness (QED) is 0.782. The molecule has 1 amide bonds. The molecule has 0 radical (unpaired) electrons. The summed E-state index contributed by atoms with van der Waals surface area (Å²) in [6.07, 6.45) is 1.90. The highest BCUT2D eigenvalue weighted by molar-refractivity contribution is 5.67. The Labute approximate surface area is 108 Å². The fourth-order valence-corrected chi connectivity index (χ4v) is 1.65. The average Bonchev–Trinajstić information content (AvgIpc) is 2.42. The van der Waals surface area contributed by atoms with Crippen LogP contribution in [0.25, 0.3) is 0 Å². The van der Waals surface area contributed by atoms with Crippen molar-refractivity contribution >= 4 is 6.09 Å². The van der Waals surface area contributed by atoms with Crippen molar-refractivity contribution in [1.29, 1.82) is 0 Å². The van der Waals surface area contributed by atoms with Crippen LogP contribution in [0.3, 0.4) is 0 Å². The molecule has 0 aliphatic rings. The Morgan fingerprint density at radius 3 is 2.72 bits per heavy atom. The van der Waals surface area contributed by atoms with Gasteiger partial charge in [0.25, 0.3) is 0 Å². The predicted molar refractivity (Wildman–Crippen MR) is 70.2 cm³/mol. The fourth-order valence-electron chi connectivity index (χ4n) is 1.65. The van der Waals surface area contributed by atoms with Gasteiger partial charge in [-0.1, -0.05) is 37.3 Å². The van der Waals surface area contributed by atoms with Crippen LogP contribution >= 0.6 is 0 Å². The minimum absolute atomic E-state index is 0.0698. The molecular formula is C14H21NO3. The molecule has 0 heterocycles. The number of hydrogen-bond donors (Lipinski definition) is 2. The number of aliphatic hydroxyl groups is 1. The normalized spacial score (nSPS) is 11.9. The number of ether oxygens (including phenoxy) is 1. The molecule has 0 spiro atoms. The largest absolute Gasteiger partial charge is 0.445 e. The Hall–Kier alpha value is -1.55. The van der Waals surface area contributed by atoms with Gasteiger partial charge in [0.15, 0.2) is 0 Å². The number of hydrogen-bond acceptors (Lipinski definition) is 3. The molecule has 1 rings (SSSR count). The second kappa shape index (κ2) is 8.53. The van der Waals surface area contributed by atoms with Crippen LogP contribution < -0.4 is 5.32 Å². The van der Waals surface area contributed by atoms with Gasteiger partial charge in [0, 0.05) is 12.6 Å². The van der Waals surface area contributed by atoms with E-state index in [1.165, 1.54) is 0 Å². The van der Waals surface area contributed by atoms with Gasteiger partial charge in [0.1, 0.15) is 6.61 Å². The molecule has 0 aromatic heterocycles. The fraction of sp³-hybridized carbons (Fsp3) is 0.500. The number of rotatable bonds is 7. The Bertz CT molecular complexity index is 340. The van der Waals surface area contributed by atoms with Crippen molar-refractivity contribution in [3.05, 3.63) is 35.9 Å². The van der Waals surface area contributed by atoms with Gasteiger partial charge in [-0.2, -0.15) is 0 Å². The SMILES string of the molecule is CCC(CCCO)NC(=O)OCc1ccccc1. The standard InChI is InChI=1S/C14H21NO3/c1-2-13(9-6-10-16)15-14(17)18-11-12-7-4-3-5-8-12/h3-5,7-8,13,16H,2,6,9-11H2,1H3,(H,15,17). The first-order valence-electron chi connectivity index (χ1n) is 6.34. The predicted octanol–water partition coefficient (Wildman–Crippen LogP) is 2.46. The van der Waals surface area contributed by atoms with E-state index in [1.807, 2.05) is 37.3 Å². The number of aliphatic hydroxyl groups excluding tert-OH is 1. The summed E-state index contributed by atoms with van der Waals surface area (Å²) in [6.45, 7) is 2.43. The van der Waals surface area contributed by atoms with Crippen molar-refractivity contribution in [3.8, 4) is 0 Å². The Kier molecular flexibility index (Phi) is 6.87. The zero-order chi connectivity index (χ0) is 13.2. The Morgan fingerprint density at radius 1 is 1.39 bits per heavy atom. The van der Waals surface area contributed by atoms with Crippen LogP contribution in [0.1, 0.15) is 31.7 Å². The van der Waals surface area contributed by atoms with Crippen molar-refractivity contribution in [2.45, 2.75) is 38.8 Å². The number of nitrogens with one attached hydrogen (secondary N) is 1. The van der Waals surface area contributed by atoms with Crippen molar-refractivity contribution in [1.82, 2.24) is 5.32 Å². The average molecular weight is 251 g/mol. The summed E-state index contributed by atoms with van der Waals surface area (Å²) in [5.74, 6) is 0. The summed E-state index contributed by atoms with van der Waals surface area (Å²) in [6, 6.07) is 9.64. The van der Waals surface area contributed by atoms with Gasteiger partial charge < -0.3 is 15.2 Å². The number of amides is 1. The van der Waals surface area contributed by atoms with Gasteiger partial charge in [0.05, 0.1) is 0 Å². The minimum atomic E-state index is -0.399. The number of carbonyl (C=O) groups is 1. The molecule has 0 saturated carbocycles. The van der Waals surface area contributed by atoms with Crippen LogP contribution in [0.5, 0.6) is 0 Å². The number of carbonyl (C=O) groups excluding carboxylic acids is 1. The van der Waals surface area contributed by atoms with Crippen LogP contribution in [-0.2, 0) is 11.3 Å². The van der Waals surface area contributed by atoms with E-state index in [4.69, 9.17) is 9.84 Å². The smallest absolute Gasteiger partial charge is 0.407 e. The minimum Gasteiger partial charge on any atom is -0.445 e. The van der Waals surface area contributed by atoms with E-state index >= 15 is 0 Å². The van der Waals surface area contributed by atoms with Gasteiger partial charge in [-0.3, -0.25) is 0 Å². The van der Waals surface area contributed by atoms with Gasteiger partial charge >= 0.3 is 6.09 Å². The highest BCUT2D eigenvalue weighted by atomic mass is 16.5. The Balaban J connectivity index is 2.28. The molecule has 0 saturated heterocycles. The molecular weight excluding hydrogens is 230 g/mol. The van der Waals surface area contributed by atoms with Crippen molar-refractivity contribution < 1.29 is 14.6 Å². The van der Waals surface area contributed by atoms with Gasteiger partial charge in [-0.05, 0) is 24.8 Å². The van der Waals surface area contributed by atoms with E-state index < -0.39 is 6.09 Å².